The van der Waals surface area contributed by atoms with Crippen LogP contribution in [0.1, 0.15) is 23.7 Å². The van der Waals surface area contributed by atoms with Gasteiger partial charge in [-0.1, -0.05) is 18.5 Å². The van der Waals surface area contributed by atoms with Crippen LogP contribution in [0.3, 0.4) is 0 Å². The Hall–Kier alpha value is -1.13. The lowest BCUT2D eigenvalue weighted by molar-refractivity contribution is 0.0894. The molecule has 1 amide bonds. The van der Waals surface area contributed by atoms with E-state index in [1.54, 1.807) is 13.2 Å². The van der Waals surface area contributed by atoms with E-state index < -0.39 is 0 Å². The first-order chi connectivity index (χ1) is 7.69. The summed E-state index contributed by atoms with van der Waals surface area (Å²) < 4.78 is 5.00. The summed E-state index contributed by atoms with van der Waals surface area (Å²) in [4.78, 5) is 15.7. The summed E-state index contributed by atoms with van der Waals surface area (Å²) >= 11 is 5.87. The van der Waals surface area contributed by atoms with Gasteiger partial charge in [0.25, 0.3) is 5.91 Å². The van der Waals surface area contributed by atoms with Crippen LogP contribution in [0.15, 0.2) is 18.5 Å². The SMILES string of the molecule is CCC(COC)NC(=O)c1ccncc1Cl. The molecule has 1 aromatic heterocycles. The predicted molar refractivity (Wildman–Crippen MR) is 62.7 cm³/mol. The van der Waals surface area contributed by atoms with Crippen molar-refractivity contribution in [2.45, 2.75) is 19.4 Å². The van der Waals surface area contributed by atoms with E-state index in [-0.39, 0.29) is 11.9 Å². The van der Waals surface area contributed by atoms with Gasteiger partial charge in [0.05, 0.1) is 23.2 Å². The van der Waals surface area contributed by atoms with E-state index in [2.05, 4.69) is 10.3 Å². The van der Waals surface area contributed by atoms with Crippen molar-refractivity contribution in [1.82, 2.24) is 10.3 Å². The quantitative estimate of drug-likeness (QED) is 0.858. The standard InChI is InChI=1S/C11H15ClN2O2/c1-3-8(7-16-2)14-11(15)9-4-5-13-6-10(9)12/h4-6,8H,3,7H2,1-2H3,(H,14,15). The Labute approximate surface area is 100.0 Å². The van der Waals surface area contributed by atoms with Gasteiger partial charge in [-0.2, -0.15) is 0 Å². The van der Waals surface area contributed by atoms with Gasteiger partial charge in [-0.05, 0) is 12.5 Å². The van der Waals surface area contributed by atoms with E-state index in [0.29, 0.717) is 17.2 Å². The number of carbonyl (C=O) groups is 1. The maximum atomic E-state index is 11.8. The van der Waals surface area contributed by atoms with E-state index in [1.165, 1.54) is 12.4 Å². The van der Waals surface area contributed by atoms with Gasteiger partial charge in [-0.15, -0.1) is 0 Å². The predicted octanol–water partition coefficient (Wildman–Crippen LogP) is 1.89. The zero-order valence-electron chi connectivity index (χ0n) is 9.37. The van der Waals surface area contributed by atoms with Gasteiger partial charge in [-0.3, -0.25) is 9.78 Å². The summed E-state index contributed by atoms with van der Waals surface area (Å²) in [6.07, 6.45) is 3.80. The molecule has 5 heteroatoms. The third kappa shape index (κ3) is 3.47. The molecule has 0 radical (unpaired) electrons. The molecule has 1 N–H and O–H groups in total. The van der Waals surface area contributed by atoms with E-state index in [1.807, 2.05) is 6.92 Å². The van der Waals surface area contributed by atoms with Crippen LogP contribution in [-0.2, 0) is 4.74 Å². The third-order valence-electron chi connectivity index (χ3n) is 2.21. The van der Waals surface area contributed by atoms with Crippen molar-refractivity contribution < 1.29 is 9.53 Å². The van der Waals surface area contributed by atoms with Gasteiger partial charge in [0, 0.05) is 19.5 Å². The normalized spacial score (nSPS) is 12.2. The van der Waals surface area contributed by atoms with Crippen molar-refractivity contribution >= 4 is 17.5 Å². The van der Waals surface area contributed by atoms with Gasteiger partial charge in [0.2, 0.25) is 0 Å². The molecule has 1 heterocycles. The monoisotopic (exact) mass is 242 g/mol. The molecule has 88 valence electrons. The van der Waals surface area contributed by atoms with Crippen LogP contribution in [0, 0.1) is 0 Å². The number of nitrogens with one attached hydrogen (secondary N) is 1. The minimum Gasteiger partial charge on any atom is -0.383 e. The third-order valence-corrected chi connectivity index (χ3v) is 2.51. The number of aromatic nitrogens is 1. The molecule has 0 spiro atoms. The summed E-state index contributed by atoms with van der Waals surface area (Å²) in [5, 5.41) is 3.20. The highest BCUT2D eigenvalue weighted by molar-refractivity contribution is 6.33. The van der Waals surface area contributed by atoms with Crippen LogP contribution in [0.2, 0.25) is 5.02 Å². The molecule has 1 unspecified atom stereocenters. The van der Waals surface area contributed by atoms with Crippen molar-refractivity contribution in [2.75, 3.05) is 13.7 Å². The first-order valence-electron chi connectivity index (χ1n) is 5.08. The molecular weight excluding hydrogens is 228 g/mol. The van der Waals surface area contributed by atoms with E-state index in [0.717, 1.165) is 6.42 Å². The van der Waals surface area contributed by atoms with Crippen molar-refractivity contribution in [3.8, 4) is 0 Å². The molecule has 0 bridgehead atoms. The zero-order valence-corrected chi connectivity index (χ0v) is 10.1. The molecule has 0 aromatic carbocycles. The van der Waals surface area contributed by atoms with Crippen molar-refractivity contribution in [3.63, 3.8) is 0 Å². The van der Waals surface area contributed by atoms with Gasteiger partial charge < -0.3 is 10.1 Å². The number of methoxy groups -OCH3 is 1. The van der Waals surface area contributed by atoms with Gasteiger partial charge in [0.1, 0.15) is 0 Å². The fourth-order valence-electron chi connectivity index (χ4n) is 1.29. The number of halogens is 1. The fraction of sp³-hybridized carbons (Fsp3) is 0.455. The molecule has 1 aromatic rings. The van der Waals surface area contributed by atoms with E-state index in [9.17, 15) is 4.79 Å². The lowest BCUT2D eigenvalue weighted by atomic mass is 10.2. The summed E-state index contributed by atoms with van der Waals surface area (Å²) in [5.41, 5.74) is 0.436. The topological polar surface area (TPSA) is 51.2 Å². The molecule has 0 fully saturated rings. The number of hydrogen-bond acceptors (Lipinski definition) is 3. The number of ether oxygens (including phenoxy) is 1. The summed E-state index contributed by atoms with van der Waals surface area (Å²) in [5.74, 6) is -0.198. The van der Waals surface area contributed by atoms with Crippen LogP contribution >= 0.6 is 11.6 Å². The van der Waals surface area contributed by atoms with E-state index in [4.69, 9.17) is 16.3 Å². The average molecular weight is 243 g/mol. The maximum Gasteiger partial charge on any atom is 0.253 e. The second-order valence-electron chi connectivity index (χ2n) is 3.39. The molecule has 0 aliphatic carbocycles. The Balaban J connectivity index is 2.68. The molecule has 0 saturated heterocycles. The van der Waals surface area contributed by atoms with Crippen molar-refractivity contribution in [1.29, 1.82) is 0 Å². The molecule has 0 saturated carbocycles. The van der Waals surface area contributed by atoms with Gasteiger partial charge in [0.15, 0.2) is 0 Å². The maximum absolute atomic E-state index is 11.8. The Bertz CT molecular complexity index is 358. The second-order valence-corrected chi connectivity index (χ2v) is 3.80. The molecule has 0 aliphatic rings. The zero-order chi connectivity index (χ0) is 12.0. The summed E-state index contributed by atoms with van der Waals surface area (Å²) in [7, 11) is 1.61. The van der Waals surface area contributed by atoms with Crippen LogP contribution in [0.25, 0.3) is 0 Å². The average Bonchev–Trinajstić information content (AvgIpc) is 2.28. The molecule has 1 atom stereocenters. The Morgan fingerprint density at radius 1 is 1.69 bits per heavy atom. The molecular formula is C11H15ClN2O2. The summed E-state index contributed by atoms with van der Waals surface area (Å²) in [6.45, 7) is 2.48. The largest absolute Gasteiger partial charge is 0.383 e. The molecule has 4 nitrogen and oxygen atoms in total. The Morgan fingerprint density at radius 2 is 2.44 bits per heavy atom. The Morgan fingerprint density at radius 3 is 3.00 bits per heavy atom. The Kier molecular flexibility index (Phi) is 5.22. The first-order valence-corrected chi connectivity index (χ1v) is 5.46. The minimum absolute atomic E-state index is 0.00160. The fourth-order valence-corrected chi connectivity index (χ4v) is 1.49. The molecule has 0 aliphatic heterocycles. The first kappa shape index (κ1) is 12.9. The molecule has 16 heavy (non-hydrogen) atoms. The van der Waals surface area contributed by atoms with Crippen LogP contribution in [0.5, 0.6) is 0 Å². The number of rotatable bonds is 5. The minimum atomic E-state index is -0.198. The lowest BCUT2D eigenvalue weighted by Gasteiger charge is -2.16. The second kappa shape index (κ2) is 6.45. The number of amides is 1. The highest BCUT2D eigenvalue weighted by atomic mass is 35.5. The van der Waals surface area contributed by atoms with Crippen LogP contribution in [-0.4, -0.2) is 30.6 Å². The highest BCUT2D eigenvalue weighted by Crippen LogP contribution is 2.13. The van der Waals surface area contributed by atoms with Crippen molar-refractivity contribution in [3.05, 3.63) is 29.0 Å². The van der Waals surface area contributed by atoms with E-state index >= 15 is 0 Å². The smallest absolute Gasteiger partial charge is 0.253 e. The lowest BCUT2D eigenvalue weighted by Crippen LogP contribution is -2.37. The van der Waals surface area contributed by atoms with Gasteiger partial charge in [-0.25, -0.2) is 0 Å². The number of nitrogens with zero attached hydrogens (tertiary/aromatic N) is 1. The van der Waals surface area contributed by atoms with Crippen LogP contribution < -0.4 is 5.32 Å². The summed E-state index contributed by atoms with van der Waals surface area (Å²) in [6, 6.07) is 1.60. The van der Waals surface area contributed by atoms with Gasteiger partial charge >= 0.3 is 0 Å². The number of carbonyl (C=O) groups excluding carboxylic acids is 1. The number of hydrogen-bond donors (Lipinski definition) is 1. The van der Waals surface area contributed by atoms with Crippen LogP contribution in [0.4, 0.5) is 0 Å². The number of pyridine rings is 1. The van der Waals surface area contributed by atoms with Crippen molar-refractivity contribution in [2.24, 2.45) is 0 Å². The highest BCUT2D eigenvalue weighted by Gasteiger charge is 2.14. The molecule has 1 rings (SSSR count).